The summed E-state index contributed by atoms with van der Waals surface area (Å²) in [5, 5.41) is 13.0. The fraction of sp³-hybridized carbons (Fsp3) is 0.200. The Morgan fingerprint density at radius 1 is 1.20 bits per heavy atom. The summed E-state index contributed by atoms with van der Waals surface area (Å²) in [4.78, 5) is 15.8. The standard InChI is InChI=1S/C20H17ClF3N3O3/c1-27-11-10-25-18(27)19(29,20(22,23)24)12-17(28)26-13-6-8-14(9-7-13)30-16-5-3-2-4-15(16)21/h2-11,29H,12H2,1H3,(H,26,28). The largest absolute Gasteiger partial charge is 0.456 e. The van der Waals surface area contributed by atoms with Gasteiger partial charge in [-0.3, -0.25) is 4.79 Å². The number of nitrogens with zero attached hydrogens (tertiary/aromatic N) is 2. The van der Waals surface area contributed by atoms with Gasteiger partial charge < -0.3 is 19.7 Å². The molecule has 3 rings (SSSR count). The van der Waals surface area contributed by atoms with Crippen molar-refractivity contribution < 1.29 is 27.8 Å². The van der Waals surface area contributed by atoms with E-state index in [-0.39, 0.29) is 5.69 Å². The molecule has 10 heteroatoms. The molecule has 2 aromatic carbocycles. The van der Waals surface area contributed by atoms with Gasteiger partial charge in [0, 0.05) is 25.1 Å². The Morgan fingerprint density at radius 2 is 1.87 bits per heavy atom. The molecule has 0 saturated carbocycles. The van der Waals surface area contributed by atoms with Gasteiger partial charge in [-0.25, -0.2) is 4.98 Å². The number of ether oxygens (including phenoxy) is 1. The minimum atomic E-state index is -5.10. The van der Waals surface area contributed by atoms with E-state index in [1.165, 1.54) is 37.5 Å². The number of imidazole rings is 1. The average molecular weight is 440 g/mol. The molecule has 1 unspecified atom stereocenters. The molecular weight excluding hydrogens is 423 g/mol. The van der Waals surface area contributed by atoms with Gasteiger partial charge in [-0.15, -0.1) is 0 Å². The molecule has 0 fully saturated rings. The van der Waals surface area contributed by atoms with Crippen LogP contribution in [0.15, 0.2) is 60.9 Å². The lowest BCUT2D eigenvalue weighted by Gasteiger charge is -2.29. The van der Waals surface area contributed by atoms with Crippen molar-refractivity contribution in [1.82, 2.24) is 9.55 Å². The van der Waals surface area contributed by atoms with Crippen LogP contribution in [0.4, 0.5) is 18.9 Å². The van der Waals surface area contributed by atoms with Crippen LogP contribution in [0.5, 0.6) is 11.5 Å². The maximum absolute atomic E-state index is 13.5. The Bertz CT molecular complexity index is 1040. The second-order valence-electron chi connectivity index (χ2n) is 6.50. The van der Waals surface area contributed by atoms with E-state index in [9.17, 15) is 23.1 Å². The average Bonchev–Trinajstić information content (AvgIpc) is 3.10. The first-order valence-electron chi connectivity index (χ1n) is 8.69. The topological polar surface area (TPSA) is 76.4 Å². The van der Waals surface area contributed by atoms with Crippen molar-refractivity contribution in [3.8, 4) is 11.5 Å². The number of alkyl halides is 3. The Hall–Kier alpha value is -3.04. The molecule has 2 N–H and O–H groups in total. The van der Waals surface area contributed by atoms with Crippen LogP contribution in [-0.2, 0) is 17.4 Å². The number of hydrogen-bond acceptors (Lipinski definition) is 4. The molecule has 1 heterocycles. The quantitative estimate of drug-likeness (QED) is 0.586. The molecule has 6 nitrogen and oxygen atoms in total. The Balaban J connectivity index is 1.71. The van der Waals surface area contributed by atoms with Crippen molar-refractivity contribution in [1.29, 1.82) is 0 Å². The van der Waals surface area contributed by atoms with E-state index in [1.807, 2.05) is 0 Å². The van der Waals surface area contributed by atoms with Crippen LogP contribution in [0, 0.1) is 0 Å². The number of carbonyl (C=O) groups excluding carboxylic acids is 1. The van der Waals surface area contributed by atoms with Crippen LogP contribution in [-0.4, -0.2) is 26.7 Å². The summed E-state index contributed by atoms with van der Waals surface area (Å²) in [5.74, 6) is -0.853. The van der Waals surface area contributed by atoms with Crippen LogP contribution in [0.25, 0.3) is 0 Å². The fourth-order valence-electron chi connectivity index (χ4n) is 2.77. The zero-order valence-corrected chi connectivity index (χ0v) is 16.4. The summed E-state index contributed by atoms with van der Waals surface area (Å²) >= 11 is 6.02. The van der Waals surface area contributed by atoms with Gasteiger partial charge in [-0.05, 0) is 36.4 Å². The molecule has 1 atom stereocenters. The van der Waals surface area contributed by atoms with Gasteiger partial charge in [-0.2, -0.15) is 13.2 Å². The van der Waals surface area contributed by atoms with E-state index in [4.69, 9.17) is 16.3 Å². The lowest BCUT2D eigenvalue weighted by molar-refractivity contribution is -0.270. The summed E-state index contributed by atoms with van der Waals surface area (Å²) in [7, 11) is 1.30. The molecule has 0 radical (unpaired) electrons. The molecule has 1 aromatic heterocycles. The highest BCUT2D eigenvalue weighted by molar-refractivity contribution is 6.32. The Kier molecular flexibility index (Phi) is 6.04. The van der Waals surface area contributed by atoms with E-state index in [0.717, 1.165) is 10.8 Å². The minimum absolute atomic E-state index is 0.232. The number of nitrogens with one attached hydrogen (secondary N) is 1. The third-order valence-electron chi connectivity index (χ3n) is 4.28. The number of amides is 1. The highest BCUT2D eigenvalue weighted by Crippen LogP contribution is 2.41. The zero-order valence-electron chi connectivity index (χ0n) is 15.7. The van der Waals surface area contributed by atoms with Gasteiger partial charge in [-0.1, -0.05) is 23.7 Å². The van der Waals surface area contributed by atoms with E-state index < -0.39 is 29.9 Å². The monoisotopic (exact) mass is 439 g/mol. The third kappa shape index (κ3) is 4.58. The van der Waals surface area contributed by atoms with Crippen molar-refractivity contribution in [3.05, 3.63) is 71.8 Å². The van der Waals surface area contributed by atoms with E-state index in [1.54, 1.807) is 24.3 Å². The molecule has 0 saturated heterocycles. The molecule has 1 amide bonds. The number of aliphatic hydroxyl groups is 1. The van der Waals surface area contributed by atoms with E-state index in [0.29, 0.717) is 16.5 Å². The number of benzene rings is 2. The summed E-state index contributed by atoms with van der Waals surface area (Å²) in [6.07, 6.45) is -3.99. The molecule has 0 aliphatic heterocycles. The predicted molar refractivity (Wildman–Crippen MR) is 104 cm³/mol. The lowest BCUT2D eigenvalue weighted by Crippen LogP contribution is -2.46. The second kappa shape index (κ2) is 8.37. The number of aryl methyl sites for hydroxylation is 1. The Labute approximate surface area is 174 Å². The van der Waals surface area contributed by atoms with Crippen LogP contribution < -0.4 is 10.1 Å². The van der Waals surface area contributed by atoms with Crippen LogP contribution in [0.1, 0.15) is 12.2 Å². The van der Waals surface area contributed by atoms with Gasteiger partial charge >= 0.3 is 6.18 Å². The molecule has 0 aliphatic rings. The third-order valence-corrected chi connectivity index (χ3v) is 4.59. The van der Waals surface area contributed by atoms with Crippen molar-refractivity contribution in [2.45, 2.75) is 18.2 Å². The van der Waals surface area contributed by atoms with Crippen LogP contribution in [0.2, 0.25) is 5.02 Å². The van der Waals surface area contributed by atoms with E-state index >= 15 is 0 Å². The number of para-hydroxylation sites is 1. The summed E-state index contributed by atoms with van der Waals surface area (Å²) in [6, 6.07) is 12.8. The summed E-state index contributed by atoms with van der Waals surface area (Å²) in [6.45, 7) is 0. The summed E-state index contributed by atoms with van der Waals surface area (Å²) < 4.78 is 47.2. The number of anilines is 1. The number of carbonyl (C=O) groups is 1. The SMILES string of the molecule is Cn1ccnc1C(O)(CC(=O)Nc1ccc(Oc2ccccc2Cl)cc1)C(F)(F)F. The van der Waals surface area contributed by atoms with Gasteiger partial charge in [0.05, 0.1) is 11.4 Å². The minimum Gasteiger partial charge on any atom is -0.456 e. The molecule has 158 valence electrons. The first-order chi connectivity index (χ1) is 14.1. The number of rotatable bonds is 6. The van der Waals surface area contributed by atoms with Crippen LogP contribution >= 0.6 is 11.6 Å². The van der Waals surface area contributed by atoms with Gasteiger partial charge in [0.15, 0.2) is 5.82 Å². The second-order valence-corrected chi connectivity index (χ2v) is 6.91. The molecular formula is C20H17ClF3N3O3. The molecule has 0 aliphatic carbocycles. The van der Waals surface area contributed by atoms with Crippen LogP contribution in [0.3, 0.4) is 0 Å². The van der Waals surface area contributed by atoms with Gasteiger partial charge in [0.2, 0.25) is 11.5 Å². The number of hydrogen-bond donors (Lipinski definition) is 2. The van der Waals surface area contributed by atoms with Gasteiger partial charge in [0.25, 0.3) is 0 Å². The number of aromatic nitrogens is 2. The molecule has 0 spiro atoms. The first kappa shape index (κ1) is 21.7. The lowest BCUT2D eigenvalue weighted by atomic mass is 9.97. The Morgan fingerprint density at radius 3 is 2.43 bits per heavy atom. The number of halogens is 4. The highest BCUT2D eigenvalue weighted by atomic mass is 35.5. The normalized spacial score (nSPS) is 13.5. The van der Waals surface area contributed by atoms with Gasteiger partial charge in [0.1, 0.15) is 11.5 Å². The summed E-state index contributed by atoms with van der Waals surface area (Å²) in [5.41, 5.74) is -3.20. The maximum Gasteiger partial charge on any atom is 0.425 e. The zero-order chi connectivity index (χ0) is 21.9. The smallest absolute Gasteiger partial charge is 0.425 e. The van der Waals surface area contributed by atoms with Crippen molar-refractivity contribution in [2.75, 3.05) is 5.32 Å². The first-order valence-corrected chi connectivity index (χ1v) is 9.07. The van der Waals surface area contributed by atoms with Crippen molar-refractivity contribution in [3.63, 3.8) is 0 Å². The predicted octanol–water partition coefficient (Wildman–Crippen LogP) is 4.64. The van der Waals surface area contributed by atoms with E-state index in [2.05, 4.69) is 10.3 Å². The molecule has 0 bridgehead atoms. The van der Waals surface area contributed by atoms with Crippen molar-refractivity contribution >= 4 is 23.2 Å². The van der Waals surface area contributed by atoms with Crippen molar-refractivity contribution in [2.24, 2.45) is 7.05 Å². The fourth-order valence-corrected chi connectivity index (χ4v) is 2.94. The molecule has 30 heavy (non-hydrogen) atoms. The highest BCUT2D eigenvalue weighted by Gasteiger charge is 2.58. The molecule has 3 aromatic rings. The maximum atomic E-state index is 13.5.